The topological polar surface area (TPSA) is 45.6 Å². The zero-order valence-electron chi connectivity index (χ0n) is 10.9. The lowest BCUT2D eigenvalue weighted by molar-refractivity contribution is -0.675. The lowest BCUT2D eigenvalue weighted by Crippen LogP contribution is -2.39. The second-order valence-electron chi connectivity index (χ2n) is 4.39. The van der Waals surface area contributed by atoms with Gasteiger partial charge in [0.25, 0.3) is 5.88 Å². The lowest BCUT2D eigenvalue weighted by Gasteiger charge is -2.03. The molecule has 0 bridgehead atoms. The van der Waals surface area contributed by atoms with E-state index in [4.69, 9.17) is 0 Å². The molecule has 5 heteroatoms. The highest BCUT2D eigenvalue weighted by Crippen LogP contribution is 2.24. The molecular weight excluding hydrogens is 260 g/mol. The summed E-state index contributed by atoms with van der Waals surface area (Å²) >= 11 is 1.53. The average molecular weight is 275 g/mol. The van der Waals surface area contributed by atoms with Crippen molar-refractivity contribution < 1.29 is 9.67 Å². The first-order chi connectivity index (χ1) is 9.19. The zero-order chi connectivity index (χ0) is 13.6. The number of para-hydroxylation sites is 1. The van der Waals surface area contributed by atoms with Crippen LogP contribution in [0.15, 0.2) is 29.1 Å². The summed E-state index contributed by atoms with van der Waals surface area (Å²) in [4.78, 5) is 13.3. The number of aromatic hydroxyl groups is 1. The van der Waals surface area contributed by atoms with Gasteiger partial charge in [-0.1, -0.05) is 19.1 Å². The Hall–Kier alpha value is -1.88. The van der Waals surface area contributed by atoms with Crippen LogP contribution in [0.4, 0.5) is 0 Å². The number of hydrogen-bond donors (Lipinski definition) is 1. The Morgan fingerprint density at radius 3 is 2.74 bits per heavy atom. The summed E-state index contributed by atoms with van der Waals surface area (Å²) in [5.41, 5.74) is 1.27. The lowest BCUT2D eigenvalue weighted by atomic mass is 10.2. The Bertz CT molecular complexity index is 833. The van der Waals surface area contributed by atoms with Crippen LogP contribution in [-0.4, -0.2) is 9.51 Å². The predicted molar refractivity (Wildman–Crippen MR) is 76.0 cm³/mol. The van der Waals surface area contributed by atoms with Gasteiger partial charge in [-0.05, 0) is 36.8 Å². The van der Waals surface area contributed by atoms with Crippen LogP contribution in [0.1, 0.15) is 19.4 Å². The fraction of sp³-hybridized carbons (Fsp3) is 0.286. The Morgan fingerprint density at radius 2 is 2.05 bits per heavy atom. The monoisotopic (exact) mass is 275 g/mol. The molecule has 2 heterocycles. The molecule has 0 atom stereocenters. The fourth-order valence-electron chi connectivity index (χ4n) is 2.43. The van der Waals surface area contributed by atoms with Crippen LogP contribution in [0.25, 0.3) is 15.2 Å². The van der Waals surface area contributed by atoms with Crippen molar-refractivity contribution in [3.8, 4) is 5.88 Å². The van der Waals surface area contributed by atoms with Crippen LogP contribution in [0.2, 0.25) is 0 Å². The van der Waals surface area contributed by atoms with E-state index >= 15 is 0 Å². The summed E-state index contributed by atoms with van der Waals surface area (Å²) < 4.78 is 4.56. The van der Waals surface area contributed by atoms with Gasteiger partial charge in [-0.25, -0.2) is 4.79 Å². The SMILES string of the molecule is CCc1c(O)[n+](CC)c2sc3ccccc3n2c1=O. The first kappa shape index (κ1) is 12.2. The minimum Gasteiger partial charge on any atom is -0.477 e. The molecule has 0 unspecified atom stereocenters. The Morgan fingerprint density at radius 1 is 1.32 bits per heavy atom. The number of nitrogens with zero attached hydrogens (tertiary/aromatic N) is 2. The van der Waals surface area contributed by atoms with Gasteiger partial charge < -0.3 is 5.11 Å². The van der Waals surface area contributed by atoms with Gasteiger partial charge in [-0.2, -0.15) is 4.57 Å². The smallest absolute Gasteiger partial charge is 0.352 e. The number of rotatable bonds is 2. The summed E-state index contributed by atoms with van der Waals surface area (Å²) in [7, 11) is 0. The molecule has 0 saturated carbocycles. The molecule has 3 aromatic rings. The minimum atomic E-state index is -0.114. The van der Waals surface area contributed by atoms with E-state index in [1.807, 2.05) is 38.1 Å². The third kappa shape index (κ3) is 1.58. The molecule has 0 spiro atoms. The quantitative estimate of drug-likeness (QED) is 0.728. The molecule has 0 saturated heterocycles. The first-order valence-corrected chi connectivity index (χ1v) is 7.18. The normalized spacial score (nSPS) is 11.5. The average Bonchev–Trinajstić information content (AvgIpc) is 2.79. The van der Waals surface area contributed by atoms with Crippen LogP contribution in [-0.2, 0) is 13.0 Å². The highest BCUT2D eigenvalue weighted by atomic mass is 32.1. The molecular formula is C14H15N2O2S+. The third-order valence-electron chi connectivity index (χ3n) is 3.39. The summed E-state index contributed by atoms with van der Waals surface area (Å²) in [6.07, 6.45) is 0.526. The van der Waals surface area contributed by atoms with Crippen molar-refractivity contribution in [1.29, 1.82) is 0 Å². The van der Waals surface area contributed by atoms with E-state index in [-0.39, 0.29) is 11.4 Å². The summed E-state index contributed by atoms with van der Waals surface area (Å²) in [5.74, 6) is 0.0987. The number of aryl methyl sites for hydroxylation is 1. The highest BCUT2D eigenvalue weighted by Gasteiger charge is 2.25. The van der Waals surface area contributed by atoms with E-state index in [2.05, 4.69) is 0 Å². The molecule has 4 nitrogen and oxygen atoms in total. The molecule has 0 aliphatic rings. The fourth-order valence-corrected chi connectivity index (χ4v) is 3.63. The van der Waals surface area contributed by atoms with Gasteiger partial charge >= 0.3 is 10.5 Å². The maximum Gasteiger partial charge on any atom is 0.352 e. The summed E-state index contributed by atoms with van der Waals surface area (Å²) in [6, 6.07) is 7.82. The van der Waals surface area contributed by atoms with E-state index in [0.29, 0.717) is 18.5 Å². The van der Waals surface area contributed by atoms with Gasteiger partial charge in [0.15, 0.2) is 5.52 Å². The standard InChI is InChI=1S/C14H14N2O2S/c1-3-9-12(17)15(4-2)14-16(13(9)18)10-7-5-6-8-11(10)19-14/h5-8H,3-4H2,1-2H3/p+1. The maximum atomic E-state index is 12.5. The van der Waals surface area contributed by atoms with Crippen molar-refractivity contribution in [2.24, 2.45) is 0 Å². The van der Waals surface area contributed by atoms with E-state index in [0.717, 1.165) is 15.2 Å². The number of benzene rings is 1. The number of thiazole rings is 1. The first-order valence-electron chi connectivity index (χ1n) is 6.37. The van der Waals surface area contributed by atoms with E-state index in [1.165, 1.54) is 11.3 Å². The van der Waals surface area contributed by atoms with Crippen LogP contribution < -0.4 is 10.1 Å². The third-order valence-corrected chi connectivity index (χ3v) is 4.54. The molecule has 0 fully saturated rings. The highest BCUT2D eigenvalue weighted by molar-refractivity contribution is 7.23. The predicted octanol–water partition coefficient (Wildman–Crippen LogP) is 2.09. The largest absolute Gasteiger partial charge is 0.477 e. The van der Waals surface area contributed by atoms with Crippen LogP contribution >= 0.6 is 11.3 Å². The summed E-state index contributed by atoms with van der Waals surface area (Å²) in [6.45, 7) is 4.49. The number of aromatic nitrogens is 2. The minimum absolute atomic E-state index is 0.0987. The molecule has 0 amide bonds. The van der Waals surface area contributed by atoms with E-state index < -0.39 is 0 Å². The van der Waals surface area contributed by atoms with E-state index in [9.17, 15) is 9.90 Å². The molecule has 1 aromatic carbocycles. The van der Waals surface area contributed by atoms with Crippen molar-refractivity contribution in [1.82, 2.24) is 4.40 Å². The van der Waals surface area contributed by atoms with Gasteiger partial charge in [-0.15, -0.1) is 4.40 Å². The van der Waals surface area contributed by atoms with Gasteiger partial charge in [0.05, 0.1) is 11.2 Å². The van der Waals surface area contributed by atoms with Crippen molar-refractivity contribution in [3.05, 3.63) is 40.2 Å². The Balaban J connectivity index is 2.64. The van der Waals surface area contributed by atoms with Crippen molar-refractivity contribution >= 4 is 26.5 Å². The number of hydrogen-bond acceptors (Lipinski definition) is 3. The van der Waals surface area contributed by atoms with E-state index in [1.54, 1.807) is 8.97 Å². The van der Waals surface area contributed by atoms with Gasteiger partial charge in [0.2, 0.25) is 0 Å². The molecule has 0 aliphatic carbocycles. The number of fused-ring (bicyclic) bond motifs is 3. The maximum absolute atomic E-state index is 12.5. The van der Waals surface area contributed by atoms with Crippen molar-refractivity contribution in [2.45, 2.75) is 26.8 Å². The van der Waals surface area contributed by atoms with Crippen LogP contribution in [0.5, 0.6) is 5.88 Å². The van der Waals surface area contributed by atoms with Gasteiger partial charge in [0, 0.05) is 0 Å². The molecule has 98 valence electrons. The Kier molecular flexibility index (Phi) is 2.78. The van der Waals surface area contributed by atoms with Crippen molar-refractivity contribution in [2.75, 3.05) is 0 Å². The molecule has 3 rings (SSSR count). The van der Waals surface area contributed by atoms with Crippen LogP contribution in [0, 0.1) is 0 Å². The van der Waals surface area contributed by atoms with Gasteiger partial charge in [-0.3, -0.25) is 0 Å². The summed E-state index contributed by atoms with van der Waals surface area (Å²) in [5, 5.41) is 10.2. The van der Waals surface area contributed by atoms with Gasteiger partial charge in [0.1, 0.15) is 5.56 Å². The molecule has 2 aromatic heterocycles. The second kappa shape index (κ2) is 4.35. The second-order valence-corrected chi connectivity index (χ2v) is 5.40. The molecule has 0 aliphatic heterocycles. The van der Waals surface area contributed by atoms with Crippen LogP contribution in [0.3, 0.4) is 0 Å². The Labute approximate surface area is 114 Å². The molecule has 1 N–H and O–H groups in total. The van der Waals surface area contributed by atoms with Crippen molar-refractivity contribution in [3.63, 3.8) is 0 Å². The molecule has 19 heavy (non-hydrogen) atoms. The molecule has 0 radical (unpaired) electrons. The zero-order valence-corrected chi connectivity index (χ0v) is 11.7.